The Morgan fingerprint density at radius 2 is 2.20 bits per heavy atom. The summed E-state index contributed by atoms with van der Waals surface area (Å²) in [4.78, 5) is 0.273. The number of alkyl halides is 1. The SMILES string of the molecule is CC(Br)CNS(=O)(=O)c1cccc(Cl)c1. The molecule has 84 valence electrons. The normalized spacial score (nSPS) is 13.8. The molecule has 3 nitrogen and oxygen atoms in total. The average Bonchev–Trinajstić information content (AvgIpc) is 2.15. The highest BCUT2D eigenvalue weighted by Gasteiger charge is 2.14. The molecular formula is C9H11BrClNO2S. The molecule has 0 spiro atoms. The lowest BCUT2D eigenvalue weighted by molar-refractivity contribution is 0.581. The van der Waals surface area contributed by atoms with Crippen molar-refractivity contribution in [1.82, 2.24) is 4.72 Å². The second kappa shape index (κ2) is 5.30. The maximum Gasteiger partial charge on any atom is 0.240 e. The Kier molecular flexibility index (Phi) is 4.58. The Bertz CT molecular complexity index is 433. The van der Waals surface area contributed by atoms with Crippen LogP contribution in [0.25, 0.3) is 0 Å². The number of nitrogens with one attached hydrogen (secondary N) is 1. The zero-order valence-electron chi connectivity index (χ0n) is 8.07. The van der Waals surface area contributed by atoms with Crippen LogP contribution in [0, 0.1) is 0 Å². The van der Waals surface area contributed by atoms with Crippen LogP contribution < -0.4 is 4.72 Å². The molecule has 0 heterocycles. The fraction of sp³-hybridized carbons (Fsp3) is 0.333. The highest BCUT2D eigenvalue weighted by Crippen LogP contribution is 2.15. The average molecular weight is 313 g/mol. The fourth-order valence-electron chi connectivity index (χ4n) is 0.942. The van der Waals surface area contributed by atoms with Crippen LogP contribution in [0.5, 0.6) is 0 Å². The first-order valence-electron chi connectivity index (χ1n) is 4.31. The van der Waals surface area contributed by atoms with Gasteiger partial charge in [0.15, 0.2) is 0 Å². The van der Waals surface area contributed by atoms with Crippen molar-refractivity contribution in [2.45, 2.75) is 16.6 Å². The third-order valence-corrected chi connectivity index (χ3v) is 3.64. The molecule has 0 aliphatic heterocycles. The second-order valence-corrected chi connectivity index (χ2v) is 6.86. The molecule has 0 saturated carbocycles. The Hall–Kier alpha value is -0.100. The number of hydrogen-bond acceptors (Lipinski definition) is 2. The molecule has 0 aliphatic carbocycles. The van der Waals surface area contributed by atoms with Crippen molar-refractivity contribution in [2.75, 3.05) is 6.54 Å². The predicted octanol–water partition coefficient (Wildman–Crippen LogP) is 2.40. The summed E-state index contributed by atoms with van der Waals surface area (Å²) in [5.41, 5.74) is 0. The minimum absolute atomic E-state index is 0.0893. The minimum atomic E-state index is -3.44. The van der Waals surface area contributed by atoms with Gasteiger partial charge in [0.1, 0.15) is 0 Å². The van der Waals surface area contributed by atoms with Crippen LogP contribution >= 0.6 is 27.5 Å². The third-order valence-electron chi connectivity index (χ3n) is 1.66. The van der Waals surface area contributed by atoms with Crippen molar-refractivity contribution >= 4 is 37.6 Å². The monoisotopic (exact) mass is 311 g/mol. The van der Waals surface area contributed by atoms with E-state index < -0.39 is 10.0 Å². The van der Waals surface area contributed by atoms with Crippen LogP contribution in [0.3, 0.4) is 0 Å². The molecule has 6 heteroatoms. The second-order valence-electron chi connectivity index (χ2n) is 3.09. The Balaban J connectivity index is 2.87. The predicted molar refractivity (Wildman–Crippen MR) is 65.0 cm³/mol. The lowest BCUT2D eigenvalue weighted by atomic mass is 10.4. The molecule has 1 N–H and O–H groups in total. The maximum atomic E-state index is 11.7. The van der Waals surface area contributed by atoms with Crippen LogP contribution in [0.4, 0.5) is 0 Å². The van der Waals surface area contributed by atoms with Crippen molar-refractivity contribution in [1.29, 1.82) is 0 Å². The van der Waals surface area contributed by atoms with Crippen molar-refractivity contribution in [3.05, 3.63) is 29.3 Å². The number of rotatable bonds is 4. The van der Waals surface area contributed by atoms with Gasteiger partial charge >= 0.3 is 0 Å². The first-order valence-corrected chi connectivity index (χ1v) is 7.09. The molecule has 0 aliphatic rings. The zero-order valence-corrected chi connectivity index (χ0v) is 11.2. The zero-order chi connectivity index (χ0) is 11.5. The highest BCUT2D eigenvalue weighted by atomic mass is 79.9. The quantitative estimate of drug-likeness (QED) is 0.868. The molecule has 1 aromatic rings. The van der Waals surface area contributed by atoms with Crippen molar-refractivity contribution < 1.29 is 8.42 Å². The lowest BCUT2D eigenvalue weighted by Gasteiger charge is -2.07. The van der Waals surface area contributed by atoms with Crippen molar-refractivity contribution in [3.8, 4) is 0 Å². The maximum absolute atomic E-state index is 11.7. The summed E-state index contributed by atoms with van der Waals surface area (Å²) in [7, 11) is -3.44. The van der Waals surface area contributed by atoms with Gasteiger partial charge in [-0.2, -0.15) is 0 Å². The van der Waals surface area contributed by atoms with E-state index in [-0.39, 0.29) is 9.72 Å². The van der Waals surface area contributed by atoms with Gasteiger partial charge in [0.25, 0.3) is 0 Å². The number of benzene rings is 1. The van der Waals surface area contributed by atoms with Crippen molar-refractivity contribution in [2.24, 2.45) is 0 Å². The van der Waals surface area contributed by atoms with E-state index in [1.54, 1.807) is 12.1 Å². The summed E-state index contributed by atoms with van der Waals surface area (Å²) in [6, 6.07) is 6.16. The number of hydrogen-bond donors (Lipinski definition) is 1. The molecule has 15 heavy (non-hydrogen) atoms. The molecule has 0 saturated heterocycles. The molecule has 1 atom stereocenters. The van der Waals surface area contributed by atoms with E-state index in [0.29, 0.717) is 11.6 Å². The van der Waals surface area contributed by atoms with Crippen LogP contribution in [0.2, 0.25) is 5.02 Å². The number of sulfonamides is 1. The Morgan fingerprint density at radius 3 is 2.73 bits per heavy atom. The topological polar surface area (TPSA) is 46.2 Å². The summed E-state index contributed by atoms with van der Waals surface area (Å²) >= 11 is 8.97. The fourth-order valence-corrected chi connectivity index (χ4v) is 2.75. The molecule has 1 aromatic carbocycles. The molecule has 0 radical (unpaired) electrons. The van der Waals surface area contributed by atoms with Crippen LogP contribution in [0.15, 0.2) is 29.2 Å². The Morgan fingerprint density at radius 1 is 1.53 bits per heavy atom. The standard InChI is InChI=1S/C9H11BrClNO2S/c1-7(10)6-12-15(13,14)9-4-2-3-8(11)5-9/h2-5,7,12H,6H2,1H3. The molecule has 0 amide bonds. The first kappa shape index (κ1) is 13.0. The first-order chi connectivity index (χ1) is 6.92. The Labute approximate surface area is 103 Å². The molecule has 1 unspecified atom stereocenters. The largest absolute Gasteiger partial charge is 0.240 e. The summed E-state index contributed by atoms with van der Waals surface area (Å²) in [5.74, 6) is 0. The van der Waals surface area contributed by atoms with Gasteiger partial charge in [-0.3, -0.25) is 0 Å². The van der Waals surface area contributed by atoms with Crippen molar-refractivity contribution in [3.63, 3.8) is 0 Å². The van der Waals surface area contributed by atoms with Gasteiger partial charge in [-0.1, -0.05) is 40.5 Å². The number of halogens is 2. The van der Waals surface area contributed by atoms with E-state index in [1.807, 2.05) is 6.92 Å². The summed E-state index contributed by atoms with van der Waals surface area (Å²) in [5, 5.41) is 0.407. The van der Waals surface area contributed by atoms with Crippen LogP contribution in [-0.2, 0) is 10.0 Å². The molecule has 0 fully saturated rings. The van der Waals surface area contributed by atoms with Crippen LogP contribution in [0.1, 0.15) is 6.92 Å². The summed E-state index contributed by atoms with van der Waals surface area (Å²) in [6.45, 7) is 2.20. The molecule has 0 bridgehead atoms. The van der Waals surface area contributed by atoms with E-state index in [1.165, 1.54) is 12.1 Å². The van der Waals surface area contributed by atoms with E-state index >= 15 is 0 Å². The van der Waals surface area contributed by atoms with Gasteiger partial charge in [-0.25, -0.2) is 13.1 Å². The van der Waals surface area contributed by atoms with E-state index in [9.17, 15) is 8.42 Å². The van der Waals surface area contributed by atoms with E-state index in [4.69, 9.17) is 11.6 Å². The van der Waals surface area contributed by atoms with Gasteiger partial charge in [0.2, 0.25) is 10.0 Å². The van der Waals surface area contributed by atoms with Gasteiger partial charge in [0.05, 0.1) is 4.90 Å². The van der Waals surface area contributed by atoms with Gasteiger partial charge < -0.3 is 0 Å². The summed E-state index contributed by atoms with van der Waals surface area (Å²) < 4.78 is 25.9. The van der Waals surface area contributed by atoms with E-state index in [2.05, 4.69) is 20.7 Å². The van der Waals surface area contributed by atoms with Gasteiger partial charge in [-0.05, 0) is 18.2 Å². The van der Waals surface area contributed by atoms with E-state index in [0.717, 1.165) is 0 Å². The smallest absolute Gasteiger partial charge is 0.210 e. The van der Waals surface area contributed by atoms with Gasteiger partial charge in [0, 0.05) is 16.4 Å². The third kappa shape index (κ3) is 4.10. The molecular weight excluding hydrogens is 302 g/mol. The molecule has 1 rings (SSSR count). The molecule has 0 aromatic heterocycles. The highest BCUT2D eigenvalue weighted by molar-refractivity contribution is 9.09. The van der Waals surface area contributed by atoms with Crippen LogP contribution in [-0.4, -0.2) is 19.8 Å². The summed E-state index contributed by atoms with van der Waals surface area (Å²) in [6.07, 6.45) is 0. The van der Waals surface area contributed by atoms with Gasteiger partial charge in [-0.15, -0.1) is 0 Å². The lowest BCUT2D eigenvalue weighted by Crippen LogP contribution is -2.28. The minimum Gasteiger partial charge on any atom is -0.210 e.